The summed E-state index contributed by atoms with van der Waals surface area (Å²) < 4.78 is 11.5. The molecule has 0 radical (unpaired) electrons. The van der Waals surface area contributed by atoms with Gasteiger partial charge in [-0.2, -0.15) is 0 Å². The second-order valence-electron chi connectivity index (χ2n) is 28.8. The number of nitrogens with zero attached hydrogens (tertiary/aromatic N) is 7. The molecule has 1 N–H and O–H groups in total. The van der Waals surface area contributed by atoms with Crippen molar-refractivity contribution in [2.24, 2.45) is 65.1 Å². The van der Waals surface area contributed by atoms with Crippen molar-refractivity contribution in [2.75, 3.05) is 63.1 Å². The molecule has 1 aliphatic heterocycles. The van der Waals surface area contributed by atoms with Crippen molar-refractivity contribution in [1.29, 1.82) is 0 Å². The average molecular weight is 1300 g/mol. The van der Waals surface area contributed by atoms with Crippen LogP contribution in [-0.4, -0.2) is 222 Å². The molecule has 0 aromatic heterocycles. The van der Waals surface area contributed by atoms with Crippen LogP contribution in [0.2, 0.25) is 0 Å². The Labute approximate surface area is 552 Å². The van der Waals surface area contributed by atoms with Crippen LogP contribution in [0.5, 0.6) is 0 Å². The lowest BCUT2D eigenvalue weighted by Crippen LogP contribution is -2.64. The number of likely N-dealkylation sites (N-methyl/N-ethyl adjacent to an activating group) is 7. The molecule has 0 spiro atoms. The fourth-order valence-corrected chi connectivity index (χ4v) is 12.9. The third-order valence-corrected chi connectivity index (χ3v) is 18.3. The Hall–Kier alpha value is -6.06. The molecule has 1 fully saturated rings. The van der Waals surface area contributed by atoms with E-state index in [0.29, 0.717) is 6.42 Å². The summed E-state index contributed by atoms with van der Waals surface area (Å²) in [5.41, 5.74) is 0. The summed E-state index contributed by atoms with van der Waals surface area (Å²) in [5.74, 6) is -13.1. The van der Waals surface area contributed by atoms with Gasteiger partial charge in [0.05, 0.1) is 18.7 Å². The van der Waals surface area contributed by atoms with Crippen molar-refractivity contribution in [3.05, 3.63) is 12.2 Å². The fraction of sp³-hybridized carbons (Fsp3) is 0.800. The number of hydrogen-bond donors (Lipinski definition) is 1. The molecule has 1 unspecified atom stereocenters. The molecule has 92 heavy (non-hydrogen) atoms. The van der Waals surface area contributed by atoms with Crippen molar-refractivity contribution in [3.8, 4) is 0 Å². The monoisotopic (exact) mass is 1300 g/mol. The van der Waals surface area contributed by atoms with Gasteiger partial charge in [0, 0.05) is 106 Å². The van der Waals surface area contributed by atoms with E-state index in [9.17, 15) is 24.0 Å². The molecule has 1 rings (SSSR count). The van der Waals surface area contributed by atoms with Crippen molar-refractivity contribution in [1.82, 2.24) is 39.6 Å². The second kappa shape index (κ2) is 38.3. The van der Waals surface area contributed by atoms with Gasteiger partial charge in [0.2, 0.25) is 47.3 Å². The maximum Gasteiger partial charge on any atom is 0.303 e. The highest BCUT2D eigenvalue weighted by molar-refractivity contribution is 6.00. The van der Waals surface area contributed by atoms with Crippen LogP contribution in [0.1, 0.15) is 183 Å². The summed E-state index contributed by atoms with van der Waals surface area (Å²) in [6.45, 7) is 33.3. The van der Waals surface area contributed by atoms with Gasteiger partial charge < -0.3 is 49.1 Å². The second-order valence-corrected chi connectivity index (χ2v) is 28.8. The summed E-state index contributed by atoms with van der Waals surface area (Å²) in [4.78, 5) is 187. The van der Waals surface area contributed by atoms with Crippen molar-refractivity contribution < 1.29 is 67.0 Å². The number of ketones is 3. The number of hydrogen-bond acceptors (Lipinski definition) is 14. The minimum absolute atomic E-state index is 0.0113. The first-order valence-electron chi connectivity index (χ1n) is 33.5. The number of amides is 8. The number of carbonyl (C=O) groups excluding carboxylic acids is 12. The Kier molecular flexibility index (Phi) is 35.0. The predicted octanol–water partition coefficient (Wildman–Crippen LogP) is 7.37. The standard InChI is InChI=1S/C70H122N8O14/c1-28-30-31-45(15)62(92-49(19)79)61-63(83)71-51(29-2)66(86)75(23)58(43(11)12)69(89)77(25)60(48(18)38-91-27)57(82)37-50(42(9)10)65(85)72(20)52(32-39(3)4)56(81)35-46(16)55(80)36-47(17)64(84)73(21)53(33-40(5)6)67(87)74(22)54(34-41(7)8)68(88)76(24)59(44(13)14)70(90)78(61)26/h28,30,39-48,50-54,58-62H,29,31-38H2,1-27H3,(H,71,83)/b30-28+/t45-,46-,47+,48-,50+,51+,52+,53+,54+,58-,59+,60?,61+,62-/m1/s1. The lowest BCUT2D eigenvalue weighted by molar-refractivity contribution is -0.164. The summed E-state index contributed by atoms with van der Waals surface area (Å²) in [6.07, 6.45) is 2.30. The van der Waals surface area contributed by atoms with Crippen LogP contribution in [0.15, 0.2) is 12.2 Å². The Morgan fingerprint density at radius 2 is 0.913 bits per heavy atom. The summed E-state index contributed by atoms with van der Waals surface area (Å²) in [7, 11) is 11.7. The van der Waals surface area contributed by atoms with Gasteiger partial charge in [-0.05, 0) is 80.5 Å². The molecule has 8 amide bonds. The molecule has 14 atom stereocenters. The fourth-order valence-electron chi connectivity index (χ4n) is 12.9. The van der Waals surface area contributed by atoms with Crippen molar-refractivity contribution >= 4 is 70.6 Å². The number of nitrogens with one attached hydrogen (secondary N) is 1. The summed E-state index contributed by atoms with van der Waals surface area (Å²) in [5, 5.41) is 2.86. The molecular weight excluding hydrogens is 1180 g/mol. The van der Waals surface area contributed by atoms with Gasteiger partial charge >= 0.3 is 5.97 Å². The van der Waals surface area contributed by atoms with Crippen LogP contribution in [0.3, 0.4) is 0 Å². The van der Waals surface area contributed by atoms with Gasteiger partial charge in [0.25, 0.3) is 0 Å². The number of esters is 1. The normalized spacial score (nSPS) is 27.1. The number of methoxy groups -OCH3 is 1. The molecule has 0 aromatic carbocycles. The molecule has 22 nitrogen and oxygen atoms in total. The van der Waals surface area contributed by atoms with Crippen molar-refractivity contribution in [3.63, 3.8) is 0 Å². The van der Waals surface area contributed by atoms with E-state index in [-0.39, 0.29) is 80.9 Å². The first-order chi connectivity index (χ1) is 42.5. The molecule has 1 aliphatic rings. The molecule has 526 valence electrons. The van der Waals surface area contributed by atoms with E-state index in [2.05, 4.69) is 5.32 Å². The highest BCUT2D eigenvalue weighted by Gasteiger charge is 2.48. The van der Waals surface area contributed by atoms with Crippen molar-refractivity contribution in [2.45, 2.75) is 237 Å². The van der Waals surface area contributed by atoms with Crippen LogP contribution in [0.4, 0.5) is 0 Å². The molecule has 1 heterocycles. The highest BCUT2D eigenvalue weighted by Crippen LogP contribution is 2.30. The number of allylic oxidation sites excluding steroid dienone is 2. The Morgan fingerprint density at radius 1 is 0.500 bits per heavy atom. The maximum atomic E-state index is 15.5. The summed E-state index contributed by atoms with van der Waals surface area (Å²) >= 11 is 0. The molecule has 0 bridgehead atoms. The minimum Gasteiger partial charge on any atom is -0.459 e. The van der Waals surface area contributed by atoms with E-state index in [0.717, 1.165) is 4.90 Å². The van der Waals surface area contributed by atoms with Crippen LogP contribution in [0.25, 0.3) is 0 Å². The first-order valence-corrected chi connectivity index (χ1v) is 33.5. The zero-order valence-electron chi connectivity index (χ0n) is 61.4. The van der Waals surface area contributed by atoms with Crippen LogP contribution >= 0.6 is 0 Å². The zero-order valence-corrected chi connectivity index (χ0v) is 61.4. The van der Waals surface area contributed by atoms with E-state index in [1.165, 1.54) is 92.8 Å². The van der Waals surface area contributed by atoms with Crippen LogP contribution < -0.4 is 5.32 Å². The molecule has 22 heteroatoms. The Bertz CT molecular complexity index is 2550. The SMILES string of the molecule is C/C=C/C[C@@H](C)[C@@H](OC(C)=O)[C@H]1C(=O)N[C@@H](CC)C(=O)N(C)[C@H](C(C)C)C(=O)N(C)C([C@H](C)COC)C(=O)C[C@@H](C(C)C)C(=O)N(C)[C@@H](CC(C)C)C(=O)C[C@@H](C)C(=O)C[C@H](C)C(=O)N(C)[C@@H](CC(C)C)C(=O)N(C)[C@@H](CC(C)C)C(=O)N(C)[C@@H](C(C)C)C(=O)N1C. The van der Waals surface area contributed by atoms with Gasteiger partial charge in [0.15, 0.2) is 11.6 Å². The third kappa shape index (κ3) is 22.9. The summed E-state index contributed by atoms with van der Waals surface area (Å²) in [6, 6.07) is -9.90. The lowest BCUT2D eigenvalue weighted by Gasteiger charge is -2.42. The molecular formula is C70H122N8O14. The molecule has 0 saturated carbocycles. The predicted molar refractivity (Wildman–Crippen MR) is 357 cm³/mol. The molecule has 1 saturated heterocycles. The quantitative estimate of drug-likeness (QED) is 0.104. The Balaban J connectivity index is 4.60. The molecule has 0 aliphatic carbocycles. The lowest BCUT2D eigenvalue weighted by atomic mass is 9.83. The maximum absolute atomic E-state index is 15.5. The van der Waals surface area contributed by atoms with Gasteiger partial charge in [-0.1, -0.05) is 130 Å². The van der Waals surface area contributed by atoms with Crippen LogP contribution in [0, 0.1) is 65.1 Å². The smallest absolute Gasteiger partial charge is 0.303 e. The van der Waals surface area contributed by atoms with E-state index >= 15 is 33.6 Å². The van der Waals surface area contributed by atoms with Gasteiger partial charge in [-0.3, -0.25) is 57.5 Å². The average Bonchev–Trinajstić information content (AvgIpc) is 0.861. The number of Topliss-reactive ketones (excluding diaryl/α,β-unsaturated/α-hetero) is 3. The minimum atomic E-state index is -1.62. The third-order valence-electron chi connectivity index (χ3n) is 18.3. The first kappa shape index (κ1) is 84.0. The number of carbonyl (C=O) groups is 12. The molecule has 0 aromatic rings. The van der Waals surface area contributed by atoms with Gasteiger partial charge in [-0.15, -0.1) is 0 Å². The number of ether oxygens (including phenoxy) is 2. The van der Waals surface area contributed by atoms with E-state index in [4.69, 9.17) is 9.47 Å². The number of rotatable bonds is 18. The highest BCUT2D eigenvalue weighted by atomic mass is 16.5. The van der Waals surface area contributed by atoms with Gasteiger partial charge in [0.1, 0.15) is 48.1 Å². The topological polar surface area (TPSA) is 258 Å². The van der Waals surface area contributed by atoms with E-state index < -0.39 is 161 Å². The van der Waals surface area contributed by atoms with E-state index in [1.807, 2.05) is 47.6 Å². The van der Waals surface area contributed by atoms with Crippen LogP contribution in [-0.2, 0) is 67.0 Å². The van der Waals surface area contributed by atoms with E-state index in [1.54, 1.807) is 89.2 Å². The Morgan fingerprint density at radius 3 is 1.34 bits per heavy atom. The largest absolute Gasteiger partial charge is 0.459 e. The zero-order chi connectivity index (χ0) is 71.4. The van der Waals surface area contributed by atoms with Gasteiger partial charge in [-0.25, -0.2) is 0 Å².